The maximum Gasteiger partial charge on any atom is 0.251 e. The van der Waals surface area contributed by atoms with E-state index < -0.39 is 17.5 Å². The van der Waals surface area contributed by atoms with Gasteiger partial charge in [-0.3, -0.25) is 9.59 Å². The van der Waals surface area contributed by atoms with Gasteiger partial charge in [-0.2, -0.15) is 0 Å². The Bertz CT molecular complexity index is 541. The molecular weight excluding hydrogens is 290 g/mol. The summed E-state index contributed by atoms with van der Waals surface area (Å²) in [6, 6.07) is 3.04. The number of carbonyl (C=O) groups is 2. The van der Waals surface area contributed by atoms with E-state index >= 15 is 0 Å². The number of nitrogens with one attached hydrogen (secondary N) is 2. The van der Waals surface area contributed by atoms with Crippen molar-refractivity contribution in [1.82, 2.24) is 10.6 Å². The third-order valence-electron chi connectivity index (χ3n) is 3.81. The predicted octanol–water partition coefficient (Wildman–Crippen LogP) is 2.53. The Morgan fingerprint density at radius 1 is 1.05 bits per heavy atom. The van der Waals surface area contributed by atoms with Crippen LogP contribution in [0.1, 0.15) is 48.9 Å². The van der Waals surface area contributed by atoms with Crippen LogP contribution in [-0.2, 0) is 4.79 Å². The molecule has 1 aliphatic carbocycles. The first kappa shape index (κ1) is 16.4. The van der Waals surface area contributed by atoms with Crippen LogP contribution in [0.5, 0.6) is 0 Å². The zero-order valence-electron chi connectivity index (χ0n) is 12.3. The van der Waals surface area contributed by atoms with Gasteiger partial charge < -0.3 is 10.6 Å². The molecule has 120 valence electrons. The highest BCUT2D eigenvalue weighted by molar-refractivity contribution is 5.96. The van der Waals surface area contributed by atoms with Crippen molar-refractivity contribution in [2.24, 2.45) is 0 Å². The summed E-state index contributed by atoms with van der Waals surface area (Å²) in [7, 11) is 0. The molecule has 0 aliphatic heterocycles. The van der Waals surface area contributed by atoms with Gasteiger partial charge in [0.25, 0.3) is 5.91 Å². The van der Waals surface area contributed by atoms with E-state index in [-0.39, 0.29) is 24.1 Å². The molecule has 1 aromatic carbocycles. The van der Waals surface area contributed by atoms with Crippen LogP contribution in [0.25, 0.3) is 0 Å². The zero-order chi connectivity index (χ0) is 15.9. The quantitative estimate of drug-likeness (QED) is 0.840. The maximum atomic E-state index is 13.1. The highest BCUT2D eigenvalue weighted by Crippen LogP contribution is 2.17. The number of hydrogen-bond donors (Lipinski definition) is 2. The van der Waals surface area contributed by atoms with Crippen LogP contribution in [0.15, 0.2) is 18.2 Å². The van der Waals surface area contributed by atoms with E-state index in [2.05, 4.69) is 10.6 Å². The van der Waals surface area contributed by atoms with E-state index in [1.807, 2.05) is 0 Å². The van der Waals surface area contributed by atoms with Gasteiger partial charge in [-0.05, 0) is 31.0 Å². The van der Waals surface area contributed by atoms with E-state index in [1.165, 1.54) is 18.9 Å². The molecule has 0 spiro atoms. The Morgan fingerprint density at radius 2 is 1.73 bits per heavy atom. The number of benzene rings is 1. The molecule has 1 saturated carbocycles. The Kier molecular flexibility index (Phi) is 5.86. The summed E-state index contributed by atoms with van der Waals surface area (Å²) in [6.07, 6.45) is 6.52. The first-order chi connectivity index (χ1) is 10.6. The maximum absolute atomic E-state index is 13.1. The molecule has 1 fully saturated rings. The first-order valence-corrected chi connectivity index (χ1v) is 7.59. The second-order valence-electron chi connectivity index (χ2n) is 5.57. The Balaban J connectivity index is 1.79. The normalized spacial score (nSPS) is 15.9. The second kappa shape index (κ2) is 7.87. The lowest BCUT2D eigenvalue weighted by molar-refractivity contribution is -0.120. The molecule has 0 bridgehead atoms. The zero-order valence-corrected chi connectivity index (χ0v) is 12.3. The van der Waals surface area contributed by atoms with Gasteiger partial charge in [-0.1, -0.05) is 25.7 Å². The fraction of sp³-hybridized carbons (Fsp3) is 0.500. The summed E-state index contributed by atoms with van der Waals surface area (Å²) in [5.74, 6) is -2.96. The lowest BCUT2D eigenvalue weighted by Crippen LogP contribution is -2.41. The highest BCUT2D eigenvalue weighted by Gasteiger charge is 2.16. The third-order valence-corrected chi connectivity index (χ3v) is 3.81. The molecule has 6 heteroatoms. The fourth-order valence-electron chi connectivity index (χ4n) is 2.60. The minimum absolute atomic E-state index is 0.0128. The molecule has 2 N–H and O–H groups in total. The molecule has 0 heterocycles. The summed E-state index contributed by atoms with van der Waals surface area (Å²) in [6.45, 7) is -0.172. The van der Waals surface area contributed by atoms with E-state index in [1.54, 1.807) is 0 Å². The van der Waals surface area contributed by atoms with E-state index in [4.69, 9.17) is 0 Å². The van der Waals surface area contributed by atoms with E-state index in [9.17, 15) is 18.4 Å². The Hall–Kier alpha value is -1.98. The predicted molar refractivity (Wildman–Crippen MR) is 78.3 cm³/mol. The fourth-order valence-corrected chi connectivity index (χ4v) is 2.60. The van der Waals surface area contributed by atoms with Crippen molar-refractivity contribution in [2.75, 3.05) is 6.54 Å². The number of rotatable bonds is 4. The van der Waals surface area contributed by atoms with Crippen LogP contribution in [0.2, 0.25) is 0 Å². The van der Waals surface area contributed by atoms with Crippen LogP contribution >= 0.6 is 0 Å². The Morgan fingerprint density at radius 3 is 2.36 bits per heavy atom. The van der Waals surface area contributed by atoms with Crippen LogP contribution in [0.4, 0.5) is 8.78 Å². The van der Waals surface area contributed by atoms with Crippen molar-refractivity contribution in [3.8, 4) is 0 Å². The summed E-state index contributed by atoms with van der Waals surface area (Å²) in [5.41, 5.74) is -0.0128. The minimum atomic E-state index is -1.09. The van der Waals surface area contributed by atoms with Crippen LogP contribution in [-0.4, -0.2) is 24.4 Å². The molecule has 2 amide bonds. The summed E-state index contributed by atoms with van der Waals surface area (Å²) in [4.78, 5) is 23.6. The Labute approximate surface area is 128 Å². The topological polar surface area (TPSA) is 58.2 Å². The lowest BCUT2D eigenvalue weighted by atomic mass is 10.1. The van der Waals surface area contributed by atoms with Crippen molar-refractivity contribution in [2.45, 2.75) is 44.6 Å². The van der Waals surface area contributed by atoms with Crippen LogP contribution in [0.3, 0.4) is 0 Å². The minimum Gasteiger partial charge on any atom is -0.352 e. The molecular formula is C16H20F2N2O2. The smallest absolute Gasteiger partial charge is 0.251 e. The average Bonchev–Trinajstić information content (AvgIpc) is 2.76. The molecule has 0 unspecified atom stereocenters. The van der Waals surface area contributed by atoms with Crippen LogP contribution < -0.4 is 10.6 Å². The first-order valence-electron chi connectivity index (χ1n) is 7.59. The van der Waals surface area contributed by atoms with Crippen molar-refractivity contribution in [1.29, 1.82) is 0 Å². The van der Waals surface area contributed by atoms with Crippen molar-refractivity contribution in [3.05, 3.63) is 35.4 Å². The molecule has 0 saturated heterocycles. The van der Waals surface area contributed by atoms with Gasteiger partial charge in [0.1, 0.15) is 0 Å². The van der Waals surface area contributed by atoms with Crippen molar-refractivity contribution in [3.63, 3.8) is 0 Å². The third kappa shape index (κ3) is 4.79. The average molecular weight is 310 g/mol. The van der Waals surface area contributed by atoms with Gasteiger partial charge in [-0.15, -0.1) is 0 Å². The monoisotopic (exact) mass is 310 g/mol. The van der Waals surface area contributed by atoms with Gasteiger partial charge >= 0.3 is 0 Å². The molecule has 22 heavy (non-hydrogen) atoms. The second-order valence-corrected chi connectivity index (χ2v) is 5.57. The van der Waals surface area contributed by atoms with Crippen LogP contribution in [0, 0.1) is 11.6 Å². The molecule has 0 radical (unpaired) electrons. The number of amides is 2. The van der Waals surface area contributed by atoms with Gasteiger partial charge in [0.15, 0.2) is 11.6 Å². The molecule has 0 aromatic heterocycles. The lowest BCUT2D eigenvalue weighted by Gasteiger charge is -2.16. The molecule has 0 atom stereocenters. The molecule has 2 rings (SSSR count). The summed E-state index contributed by atoms with van der Waals surface area (Å²) in [5, 5.41) is 5.31. The van der Waals surface area contributed by atoms with Crippen molar-refractivity contribution >= 4 is 11.8 Å². The van der Waals surface area contributed by atoms with E-state index in [0.29, 0.717) is 0 Å². The van der Waals surface area contributed by atoms with Gasteiger partial charge in [0.05, 0.1) is 6.54 Å². The summed E-state index contributed by atoms with van der Waals surface area (Å²) < 4.78 is 25.9. The standard InChI is InChI=1S/C16H20F2N2O2/c17-13-8-7-11(9-14(13)18)16(22)19-10-15(21)20-12-5-3-1-2-4-6-12/h7-9,12H,1-6,10H2,(H,19,22)(H,20,21). The van der Waals surface area contributed by atoms with Gasteiger partial charge in [-0.25, -0.2) is 8.78 Å². The number of halogens is 2. The summed E-state index contributed by atoms with van der Waals surface area (Å²) >= 11 is 0. The molecule has 1 aliphatic rings. The van der Waals surface area contributed by atoms with E-state index in [0.717, 1.165) is 37.8 Å². The largest absolute Gasteiger partial charge is 0.352 e. The number of carbonyl (C=O) groups excluding carboxylic acids is 2. The SMILES string of the molecule is O=C(CNC(=O)c1ccc(F)c(F)c1)NC1CCCCCC1. The van der Waals surface area contributed by atoms with Gasteiger partial charge in [0, 0.05) is 11.6 Å². The molecule has 1 aromatic rings. The number of hydrogen-bond acceptors (Lipinski definition) is 2. The van der Waals surface area contributed by atoms with Gasteiger partial charge in [0.2, 0.25) is 5.91 Å². The molecule has 4 nitrogen and oxygen atoms in total. The highest BCUT2D eigenvalue weighted by atomic mass is 19.2. The van der Waals surface area contributed by atoms with Crippen molar-refractivity contribution < 1.29 is 18.4 Å².